The van der Waals surface area contributed by atoms with Crippen LogP contribution in [0.3, 0.4) is 0 Å². The van der Waals surface area contributed by atoms with Crippen molar-refractivity contribution in [1.29, 1.82) is 0 Å². The lowest BCUT2D eigenvalue weighted by molar-refractivity contribution is 0.375. The molecule has 0 aliphatic rings. The van der Waals surface area contributed by atoms with Crippen molar-refractivity contribution in [2.45, 2.75) is 46.1 Å². The maximum absolute atomic E-state index is 5.54. The van der Waals surface area contributed by atoms with E-state index in [0.29, 0.717) is 12.0 Å². The van der Waals surface area contributed by atoms with Crippen molar-refractivity contribution in [3.05, 3.63) is 23.8 Å². The van der Waals surface area contributed by atoms with Gasteiger partial charge in [0.05, 0.1) is 14.2 Å². The van der Waals surface area contributed by atoms with Gasteiger partial charge < -0.3 is 14.8 Å². The van der Waals surface area contributed by atoms with Gasteiger partial charge in [-0.3, -0.25) is 0 Å². The molecule has 0 aliphatic heterocycles. The molecule has 20 heavy (non-hydrogen) atoms. The summed E-state index contributed by atoms with van der Waals surface area (Å²) in [5, 5.41) is 3.63. The standard InChI is InChI=1S/C17H29NO2/c1-6-11-18-16(10-7-13(2)3)15-9-8-14(19-4)12-17(15)20-5/h8-9,12-13,16,18H,6-7,10-11H2,1-5H3. The summed E-state index contributed by atoms with van der Waals surface area (Å²) >= 11 is 0. The van der Waals surface area contributed by atoms with Crippen molar-refractivity contribution < 1.29 is 9.47 Å². The number of ether oxygens (including phenoxy) is 2. The van der Waals surface area contributed by atoms with Crippen LogP contribution in [0.1, 0.15) is 51.6 Å². The summed E-state index contributed by atoms with van der Waals surface area (Å²) in [4.78, 5) is 0. The molecule has 3 heteroatoms. The first-order valence-electron chi connectivity index (χ1n) is 7.57. The van der Waals surface area contributed by atoms with E-state index in [1.54, 1.807) is 14.2 Å². The Morgan fingerprint density at radius 3 is 2.40 bits per heavy atom. The second-order valence-corrected chi connectivity index (χ2v) is 5.59. The third kappa shape index (κ3) is 5.04. The van der Waals surface area contributed by atoms with E-state index in [9.17, 15) is 0 Å². The normalized spacial score (nSPS) is 12.5. The number of rotatable bonds is 9. The summed E-state index contributed by atoms with van der Waals surface area (Å²) in [6.45, 7) is 7.75. The van der Waals surface area contributed by atoms with Gasteiger partial charge in [-0.1, -0.05) is 26.8 Å². The lowest BCUT2D eigenvalue weighted by Crippen LogP contribution is -2.23. The summed E-state index contributed by atoms with van der Waals surface area (Å²) in [6.07, 6.45) is 3.47. The molecule has 1 aromatic carbocycles. The van der Waals surface area contributed by atoms with Gasteiger partial charge in [0.2, 0.25) is 0 Å². The van der Waals surface area contributed by atoms with E-state index in [1.165, 1.54) is 12.0 Å². The van der Waals surface area contributed by atoms with Gasteiger partial charge in [0, 0.05) is 17.7 Å². The largest absolute Gasteiger partial charge is 0.497 e. The van der Waals surface area contributed by atoms with E-state index < -0.39 is 0 Å². The van der Waals surface area contributed by atoms with Gasteiger partial charge in [0.15, 0.2) is 0 Å². The molecule has 0 saturated heterocycles. The molecule has 0 spiro atoms. The lowest BCUT2D eigenvalue weighted by Gasteiger charge is -2.22. The fourth-order valence-corrected chi connectivity index (χ4v) is 2.29. The van der Waals surface area contributed by atoms with Gasteiger partial charge in [-0.25, -0.2) is 0 Å². The van der Waals surface area contributed by atoms with Crippen LogP contribution in [0.5, 0.6) is 11.5 Å². The van der Waals surface area contributed by atoms with Crippen LogP contribution in [0.15, 0.2) is 18.2 Å². The minimum Gasteiger partial charge on any atom is -0.497 e. The van der Waals surface area contributed by atoms with E-state index in [2.05, 4.69) is 32.2 Å². The molecule has 114 valence electrons. The number of benzene rings is 1. The molecule has 0 aliphatic carbocycles. The molecule has 0 bridgehead atoms. The first kappa shape index (κ1) is 16.8. The van der Waals surface area contributed by atoms with Gasteiger partial charge in [0.1, 0.15) is 11.5 Å². The van der Waals surface area contributed by atoms with Gasteiger partial charge in [-0.2, -0.15) is 0 Å². The highest BCUT2D eigenvalue weighted by Gasteiger charge is 2.16. The highest BCUT2D eigenvalue weighted by molar-refractivity contribution is 5.42. The molecule has 0 radical (unpaired) electrons. The molecule has 1 rings (SSSR count). The summed E-state index contributed by atoms with van der Waals surface area (Å²) in [7, 11) is 3.40. The predicted molar refractivity (Wildman–Crippen MR) is 84.7 cm³/mol. The minimum atomic E-state index is 0.346. The van der Waals surface area contributed by atoms with Crippen LogP contribution >= 0.6 is 0 Å². The average Bonchev–Trinajstić information content (AvgIpc) is 2.46. The van der Waals surface area contributed by atoms with Gasteiger partial charge >= 0.3 is 0 Å². The van der Waals surface area contributed by atoms with Crippen LogP contribution in [0.4, 0.5) is 0 Å². The molecule has 1 N–H and O–H groups in total. The number of nitrogens with one attached hydrogen (secondary N) is 1. The van der Waals surface area contributed by atoms with Crippen molar-refractivity contribution in [1.82, 2.24) is 5.32 Å². The second-order valence-electron chi connectivity index (χ2n) is 5.59. The van der Waals surface area contributed by atoms with E-state index in [-0.39, 0.29) is 0 Å². The first-order chi connectivity index (χ1) is 9.62. The average molecular weight is 279 g/mol. The van der Waals surface area contributed by atoms with Gasteiger partial charge in [-0.15, -0.1) is 0 Å². The quantitative estimate of drug-likeness (QED) is 0.735. The van der Waals surface area contributed by atoms with E-state index in [4.69, 9.17) is 9.47 Å². The fourth-order valence-electron chi connectivity index (χ4n) is 2.29. The Labute approximate surface area is 123 Å². The number of hydrogen-bond donors (Lipinski definition) is 1. The van der Waals surface area contributed by atoms with E-state index in [1.807, 2.05) is 12.1 Å². The molecule has 1 atom stereocenters. The van der Waals surface area contributed by atoms with Crippen LogP contribution < -0.4 is 14.8 Å². The smallest absolute Gasteiger partial charge is 0.127 e. The third-order valence-electron chi connectivity index (χ3n) is 3.49. The van der Waals surface area contributed by atoms with Crippen LogP contribution in [0.2, 0.25) is 0 Å². The molecule has 0 heterocycles. The second kappa shape index (κ2) is 8.85. The predicted octanol–water partition coefficient (Wildman–Crippen LogP) is 4.18. The molecule has 0 saturated carbocycles. The molecule has 1 aromatic rings. The Balaban J connectivity index is 2.92. The van der Waals surface area contributed by atoms with Crippen LogP contribution in [0, 0.1) is 5.92 Å². The van der Waals surface area contributed by atoms with Crippen molar-refractivity contribution >= 4 is 0 Å². The topological polar surface area (TPSA) is 30.5 Å². The molecule has 3 nitrogen and oxygen atoms in total. The van der Waals surface area contributed by atoms with Crippen molar-refractivity contribution in [2.75, 3.05) is 20.8 Å². The number of hydrogen-bond acceptors (Lipinski definition) is 3. The summed E-state index contributed by atoms with van der Waals surface area (Å²) in [5.41, 5.74) is 1.22. The molecular weight excluding hydrogens is 250 g/mol. The Hall–Kier alpha value is -1.22. The Kier molecular flexibility index (Phi) is 7.45. The maximum Gasteiger partial charge on any atom is 0.127 e. The van der Waals surface area contributed by atoms with Crippen molar-refractivity contribution in [2.24, 2.45) is 5.92 Å². The highest BCUT2D eigenvalue weighted by Crippen LogP contribution is 2.32. The molecule has 0 fully saturated rings. The zero-order valence-electron chi connectivity index (χ0n) is 13.5. The SMILES string of the molecule is CCCNC(CCC(C)C)c1ccc(OC)cc1OC. The van der Waals surface area contributed by atoms with Crippen LogP contribution in [-0.4, -0.2) is 20.8 Å². The Morgan fingerprint density at radius 1 is 1.10 bits per heavy atom. The fraction of sp³-hybridized carbons (Fsp3) is 0.647. The summed E-state index contributed by atoms with van der Waals surface area (Å²) < 4.78 is 10.8. The lowest BCUT2D eigenvalue weighted by atomic mass is 9.96. The number of methoxy groups -OCH3 is 2. The zero-order valence-corrected chi connectivity index (χ0v) is 13.5. The maximum atomic E-state index is 5.54. The minimum absolute atomic E-state index is 0.346. The summed E-state index contributed by atoms with van der Waals surface area (Å²) in [5.74, 6) is 2.45. The molecular formula is C17H29NO2. The van der Waals surface area contributed by atoms with Crippen LogP contribution in [-0.2, 0) is 0 Å². The van der Waals surface area contributed by atoms with Crippen LogP contribution in [0.25, 0.3) is 0 Å². The van der Waals surface area contributed by atoms with Gasteiger partial charge in [-0.05, 0) is 37.8 Å². The molecule has 0 amide bonds. The van der Waals surface area contributed by atoms with Gasteiger partial charge in [0.25, 0.3) is 0 Å². The molecule has 0 aromatic heterocycles. The zero-order chi connectivity index (χ0) is 15.0. The van der Waals surface area contributed by atoms with Crippen molar-refractivity contribution in [3.8, 4) is 11.5 Å². The Morgan fingerprint density at radius 2 is 1.85 bits per heavy atom. The first-order valence-corrected chi connectivity index (χ1v) is 7.57. The van der Waals surface area contributed by atoms with E-state index >= 15 is 0 Å². The van der Waals surface area contributed by atoms with E-state index in [0.717, 1.165) is 30.9 Å². The molecule has 1 unspecified atom stereocenters. The van der Waals surface area contributed by atoms with Crippen molar-refractivity contribution in [3.63, 3.8) is 0 Å². The Bertz CT molecular complexity index is 391. The highest BCUT2D eigenvalue weighted by atomic mass is 16.5. The third-order valence-corrected chi connectivity index (χ3v) is 3.49. The summed E-state index contributed by atoms with van der Waals surface area (Å²) in [6, 6.07) is 6.43. The monoisotopic (exact) mass is 279 g/mol.